The van der Waals surface area contributed by atoms with Crippen LogP contribution in [0.2, 0.25) is 0 Å². The quantitative estimate of drug-likeness (QED) is 0.173. The van der Waals surface area contributed by atoms with Crippen LogP contribution in [-0.4, -0.2) is 68.0 Å². The standard InChI is InChI=1S/C37H41N7O/c1-26(2)44-25-33(22-39-44)40-35-7-6-14-43-34(23-38-37(35)43)13-12-30-21-31(10-8-27(30)3)36(45)20-29-9-11-32(28(4)19-29)24-42-17-15-41(5)16-18-42/h6-11,14,19,21-23,25-26,40H,15-18,20,24H2,1-5H3. The van der Waals surface area contributed by atoms with Gasteiger partial charge in [0.15, 0.2) is 11.4 Å². The summed E-state index contributed by atoms with van der Waals surface area (Å²) >= 11 is 0. The van der Waals surface area contributed by atoms with Gasteiger partial charge in [-0.2, -0.15) is 5.10 Å². The van der Waals surface area contributed by atoms with Crippen molar-refractivity contribution >= 4 is 22.8 Å². The molecule has 1 fully saturated rings. The Labute approximate surface area is 265 Å². The third kappa shape index (κ3) is 7.01. The van der Waals surface area contributed by atoms with Gasteiger partial charge in [-0.15, -0.1) is 0 Å². The number of benzene rings is 2. The topological polar surface area (TPSA) is 70.7 Å². The van der Waals surface area contributed by atoms with E-state index in [4.69, 9.17) is 0 Å². The van der Waals surface area contributed by atoms with Gasteiger partial charge in [0, 0.05) is 68.7 Å². The van der Waals surface area contributed by atoms with Gasteiger partial charge in [-0.25, -0.2) is 4.98 Å². The summed E-state index contributed by atoms with van der Waals surface area (Å²) in [4.78, 5) is 22.9. The van der Waals surface area contributed by atoms with Gasteiger partial charge in [0.2, 0.25) is 0 Å². The number of rotatable bonds is 8. The van der Waals surface area contributed by atoms with E-state index < -0.39 is 0 Å². The number of nitrogens with one attached hydrogen (secondary N) is 1. The third-order valence-corrected chi connectivity index (χ3v) is 8.59. The minimum Gasteiger partial charge on any atom is -0.350 e. The number of hydrogen-bond acceptors (Lipinski definition) is 6. The number of nitrogens with zero attached hydrogens (tertiary/aromatic N) is 6. The largest absolute Gasteiger partial charge is 0.350 e. The number of Topliss-reactive ketones (excluding diaryl/α,β-unsaturated/α-hetero) is 1. The van der Waals surface area contributed by atoms with E-state index in [9.17, 15) is 4.79 Å². The molecule has 0 radical (unpaired) electrons. The van der Waals surface area contributed by atoms with Crippen molar-refractivity contribution in [2.75, 3.05) is 38.5 Å². The molecule has 0 amide bonds. The molecule has 6 rings (SSSR count). The molecule has 0 bridgehead atoms. The summed E-state index contributed by atoms with van der Waals surface area (Å²) in [5, 5.41) is 7.85. The molecule has 3 aromatic heterocycles. The number of imidazole rings is 1. The van der Waals surface area contributed by atoms with Crippen LogP contribution in [0.3, 0.4) is 0 Å². The van der Waals surface area contributed by atoms with Crippen molar-refractivity contribution < 1.29 is 4.79 Å². The lowest BCUT2D eigenvalue weighted by atomic mass is 9.96. The number of pyridine rings is 1. The average Bonchev–Trinajstić information content (AvgIpc) is 3.67. The summed E-state index contributed by atoms with van der Waals surface area (Å²) in [5.74, 6) is 6.69. The van der Waals surface area contributed by atoms with Crippen LogP contribution < -0.4 is 5.32 Å². The summed E-state index contributed by atoms with van der Waals surface area (Å²) in [5.41, 5.74) is 9.50. The number of ketones is 1. The number of anilines is 2. The molecular weight excluding hydrogens is 558 g/mol. The first-order valence-corrected chi connectivity index (χ1v) is 15.7. The zero-order chi connectivity index (χ0) is 31.5. The predicted octanol–water partition coefficient (Wildman–Crippen LogP) is 6.04. The average molecular weight is 600 g/mol. The van der Waals surface area contributed by atoms with E-state index in [1.54, 1.807) is 6.20 Å². The molecule has 45 heavy (non-hydrogen) atoms. The number of aryl methyl sites for hydroxylation is 2. The van der Waals surface area contributed by atoms with E-state index in [0.29, 0.717) is 12.0 Å². The van der Waals surface area contributed by atoms with Gasteiger partial charge in [-0.1, -0.05) is 36.3 Å². The highest BCUT2D eigenvalue weighted by Crippen LogP contribution is 2.23. The van der Waals surface area contributed by atoms with Crippen molar-refractivity contribution in [3.8, 4) is 11.8 Å². The maximum Gasteiger partial charge on any atom is 0.167 e. The Morgan fingerprint density at radius 1 is 0.978 bits per heavy atom. The van der Waals surface area contributed by atoms with E-state index in [1.807, 2.05) is 64.9 Å². The Balaban J connectivity index is 1.16. The number of carbonyl (C=O) groups excluding carboxylic acids is 1. The number of fused-ring (bicyclic) bond motifs is 1. The molecule has 0 aliphatic carbocycles. The van der Waals surface area contributed by atoms with Crippen LogP contribution in [0.1, 0.15) is 63.8 Å². The molecule has 0 unspecified atom stereocenters. The fourth-order valence-corrected chi connectivity index (χ4v) is 5.68. The van der Waals surface area contributed by atoms with Crippen molar-refractivity contribution in [2.24, 2.45) is 0 Å². The molecule has 1 saturated heterocycles. The van der Waals surface area contributed by atoms with Crippen LogP contribution in [0.15, 0.2) is 73.3 Å². The third-order valence-electron chi connectivity index (χ3n) is 8.59. The molecule has 2 aromatic carbocycles. The van der Waals surface area contributed by atoms with Crippen LogP contribution >= 0.6 is 0 Å². The number of hydrogen-bond donors (Lipinski definition) is 1. The van der Waals surface area contributed by atoms with Crippen molar-refractivity contribution in [1.29, 1.82) is 0 Å². The van der Waals surface area contributed by atoms with Crippen molar-refractivity contribution in [3.05, 3.63) is 112 Å². The zero-order valence-electron chi connectivity index (χ0n) is 26.8. The van der Waals surface area contributed by atoms with Gasteiger partial charge in [0.1, 0.15) is 5.69 Å². The molecule has 0 saturated carbocycles. The van der Waals surface area contributed by atoms with Crippen molar-refractivity contribution in [1.82, 2.24) is 29.0 Å². The Kier molecular flexibility index (Phi) is 8.83. The Morgan fingerprint density at radius 3 is 2.56 bits per heavy atom. The SMILES string of the molecule is Cc1ccc(C(=O)Cc2ccc(CN3CCN(C)CC3)c(C)c2)cc1C#Cc1cnc2c(Nc3cnn(C(C)C)c3)cccn12. The van der Waals surface area contributed by atoms with Gasteiger partial charge < -0.3 is 10.2 Å². The van der Waals surface area contributed by atoms with Crippen molar-refractivity contribution in [2.45, 2.75) is 46.7 Å². The first-order valence-electron chi connectivity index (χ1n) is 15.7. The van der Waals surface area contributed by atoms with Gasteiger partial charge in [-0.3, -0.25) is 18.8 Å². The highest BCUT2D eigenvalue weighted by molar-refractivity contribution is 5.98. The molecule has 0 spiro atoms. The maximum atomic E-state index is 13.4. The highest BCUT2D eigenvalue weighted by Gasteiger charge is 2.16. The first kappa shape index (κ1) is 30.3. The van der Waals surface area contributed by atoms with Crippen LogP contribution in [-0.2, 0) is 13.0 Å². The minimum atomic E-state index is 0.0931. The number of carbonyl (C=O) groups is 1. The second-order valence-corrected chi connectivity index (χ2v) is 12.4. The number of likely N-dealkylation sites (N-methyl/N-ethyl adjacent to an activating group) is 1. The summed E-state index contributed by atoms with van der Waals surface area (Å²) in [6.07, 6.45) is 7.91. The number of aromatic nitrogens is 4. The molecule has 1 aliphatic heterocycles. The monoisotopic (exact) mass is 599 g/mol. The lowest BCUT2D eigenvalue weighted by molar-refractivity contribution is 0.0993. The molecule has 1 N–H and O–H groups in total. The highest BCUT2D eigenvalue weighted by atomic mass is 16.1. The fourth-order valence-electron chi connectivity index (χ4n) is 5.68. The summed E-state index contributed by atoms with van der Waals surface area (Å²) < 4.78 is 3.89. The Hall–Kier alpha value is -4.71. The zero-order valence-corrected chi connectivity index (χ0v) is 26.8. The first-order chi connectivity index (χ1) is 21.7. The van der Waals surface area contributed by atoms with Gasteiger partial charge in [0.25, 0.3) is 0 Å². The van der Waals surface area contributed by atoms with Crippen LogP contribution in [0.5, 0.6) is 0 Å². The molecule has 5 aromatic rings. The maximum absolute atomic E-state index is 13.4. The van der Waals surface area contributed by atoms with E-state index >= 15 is 0 Å². The van der Waals surface area contributed by atoms with E-state index in [0.717, 1.165) is 72.1 Å². The van der Waals surface area contributed by atoms with Crippen LogP contribution in [0, 0.1) is 25.7 Å². The second kappa shape index (κ2) is 13.1. The van der Waals surface area contributed by atoms with Gasteiger partial charge >= 0.3 is 0 Å². The molecule has 8 nitrogen and oxygen atoms in total. The summed E-state index contributed by atoms with van der Waals surface area (Å²) in [6.45, 7) is 13.7. The molecular formula is C37H41N7O. The van der Waals surface area contributed by atoms with E-state index in [2.05, 4.69) is 83.1 Å². The van der Waals surface area contributed by atoms with E-state index in [-0.39, 0.29) is 11.8 Å². The molecule has 8 heteroatoms. The summed E-state index contributed by atoms with van der Waals surface area (Å²) in [7, 11) is 2.18. The normalized spacial score (nSPS) is 14.1. The predicted molar refractivity (Wildman–Crippen MR) is 180 cm³/mol. The van der Waals surface area contributed by atoms with Crippen molar-refractivity contribution in [3.63, 3.8) is 0 Å². The van der Waals surface area contributed by atoms with E-state index in [1.165, 1.54) is 11.1 Å². The molecule has 4 heterocycles. The Bertz CT molecular complexity index is 1900. The fraction of sp³-hybridized carbons (Fsp3) is 0.324. The minimum absolute atomic E-state index is 0.0931. The smallest absolute Gasteiger partial charge is 0.167 e. The van der Waals surface area contributed by atoms with Crippen LogP contribution in [0.4, 0.5) is 11.4 Å². The Morgan fingerprint density at radius 2 is 1.80 bits per heavy atom. The van der Waals surface area contributed by atoms with Gasteiger partial charge in [-0.05, 0) is 81.1 Å². The molecule has 0 atom stereocenters. The van der Waals surface area contributed by atoms with Crippen LogP contribution in [0.25, 0.3) is 5.65 Å². The lowest BCUT2D eigenvalue weighted by Gasteiger charge is -2.32. The lowest BCUT2D eigenvalue weighted by Crippen LogP contribution is -2.43. The second-order valence-electron chi connectivity index (χ2n) is 12.4. The molecule has 230 valence electrons. The van der Waals surface area contributed by atoms with Gasteiger partial charge in [0.05, 0.1) is 23.8 Å². The number of piperazine rings is 1. The summed E-state index contributed by atoms with van der Waals surface area (Å²) in [6, 6.07) is 16.5. The molecule has 1 aliphatic rings.